The van der Waals surface area contributed by atoms with E-state index in [1.54, 1.807) is 23.2 Å². The Kier molecular flexibility index (Phi) is 5.46. The summed E-state index contributed by atoms with van der Waals surface area (Å²) in [6.07, 6.45) is 3.25. The Morgan fingerprint density at radius 1 is 1.03 bits per heavy atom. The molecule has 3 aromatic rings. The highest BCUT2D eigenvalue weighted by Crippen LogP contribution is 2.32. The van der Waals surface area contributed by atoms with Gasteiger partial charge in [0.1, 0.15) is 11.6 Å². The second kappa shape index (κ2) is 8.70. The molecule has 1 N–H and O–H groups in total. The zero-order valence-corrected chi connectivity index (χ0v) is 17.7. The van der Waals surface area contributed by atoms with Crippen LogP contribution < -0.4 is 19.9 Å². The van der Waals surface area contributed by atoms with Gasteiger partial charge in [-0.2, -0.15) is 0 Å². The molecule has 0 fully saturated rings. The van der Waals surface area contributed by atoms with Gasteiger partial charge in [-0.25, -0.2) is 4.98 Å². The highest BCUT2D eigenvalue weighted by atomic mass is 16.5. The van der Waals surface area contributed by atoms with Crippen molar-refractivity contribution in [1.82, 2.24) is 4.98 Å². The van der Waals surface area contributed by atoms with Crippen molar-refractivity contribution in [3.05, 3.63) is 78.0 Å². The zero-order valence-electron chi connectivity index (χ0n) is 17.7. The molecule has 2 aromatic carbocycles. The van der Waals surface area contributed by atoms with Gasteiger partial charge in [-0.1, -0.05) is 30.3 Å². The fourth-order valence-electron chi connectivity index (χ4n) is 4.26. The Hall–Kier alpha value is -3.87. The van der Waals surface area contributed by atoms with Gasteiger partial charge in [0.05, 0.1) is 11.3 Å². The Bertz CT molecular complexity index is 1160. The zero-order chi connectivity index (χ0) is 21.9. The Morgan fingerprint density at radius 3 is 2.75 bits per heavy atom. The highest BCUT2D eigenvalue weighted by molar-refractivity contribution is 6.10. The molecule has 0 aliphatic carbocycles. The van der Waals surface area contributed by atoms with E-state index in [1.165, 1.54) is 5.56 Å². The number of carbonyl (C=O) groups is 2. The lowest BCUT2D eigenvalue weighted by molar-refractivity contribution is -0.121. The van der Waals surface area contributed by atoms with Gasteiger partial charge in [-0.15, -0.1) is 0 Å². The number of para-hydroxylation sites is 3. The average molecular weight is 428 g/mol. The number of anilines is 3. The van der Waals surface area contributed by atoms with Crippen molar-refractivity contribution < 1.29 is 14.3 Å². The number of fused-ring (bicyclic) bond motifs is 2. The quantitative estimate of drug-likeness (QED) is 0.608. The van der Waals surface area contributed by atoms with Crippen LogP contribution in [0.5, 0.6) is 5.75 Å². The maximum absolute atomic E-state index is 13.3. The molecule has 0 saturated carbocycles. The number of ether oxygens (including phenoxy) is 1. The third-order valence-corrected chi connectivity index (χ3v) is 5.83. The van der Waals surface area contributed by atoms with Crippen LogP contribution in [0.3, 0.4) is 0 Å². The molecule has 0 unspecified atom stereocenters. The van der Waals surface area contributed by atoms with Crippen molar-refractivity contribution in [2.75, 3.05) is 41.4 Å². The van der Waals surface area contributed by atoms with Crippen molar-refractivity contribution in [2.45, 2.75) is 12.8 Å². The summed E-state index contributed by atoms with van der Waals surface area (Å²) < 4.78 is 5.50. The molecule has 7 nitrogen and oxygen atoms in total. The normalized spacial score (nSPS) is 14.6. The molecule has 32 heavy (non-hydrogen) atoms. The first-order valence-electron chi connectivity index (χ1n) is 10.8. The Balaban J connectivity index is 1.24. The van der Waals surface area contributed by atoms with Crippen molar-refractivity contribution in [2.24, 2.45) is 0 Å². The predicted octanol–water partition coefficient (Wildman–Crippen LogP) is 3.51. The number of amides is 2. The molecule has 0 spiro atoms. The first-order valence-corrected chi connectivity index (χ1v) is 10.8. The maximum Gasteiger partial charge on any atom is 0.265 e. The molecule has 2 amide bonds. The topological polar surface area (TPSA) is 74.8 Å². The van der Waals surface area contributed by atoms with Crippen LogP contribution in [0.15, 0.2) is 66.9 Å². The van der Waals surface area contributed by atoms with Crippen LogP contribution >= 0.6 is 0 Å². The largest absolute Gasteiger partial charge is 0.482 e. The van der Waals surface area contributed by atoms with E-state index in [4.69, 9.17) is 4.74 Å². The summed E-state index contributed by atoms with van der Waals surface area (Å²) in [5, 5.41) is 3.29. The van der Waals surface area contributed by atoms with E-state index >= 15 is 0 Å². The predicted molar refractivity (Wildman–Crippen MR) is 123 cm³/mol. The van der Waals surface area contributed by atoms with Gasteiger partial charge >= 0.3 is 0 Å². The number of hydrogen-bond donors (Lipinski definition) is 1. The van der Waals surface area contributed by atoms with Crippen LogP contribution in [0, 0.1) is 0 Å². The second-order valence-electron chi connectivity index (χ2n) is 7.82. The van der Waals surface area contributed by atoms with E-state index in [-0.39, 0.29) is 18.4 Å². The van der Waals surface area contributed by atoms with Crippen molar-refractivity contribution >= 4 is 29.0 Å². The molecular weight excluding hydrogens is 404 g/mol. The third kappa shape index (κ3) is 3.77. The summed E-state index contributed by atoms with van der Waals surface area (Å²) >= 11 is 0. The number of nitrogens with one attached hydrogen (secondary N) is 1. The first-order chi connectivity index (χ1) is 15.7. The lowest BCUT2D eigenvalue weighted by Gasteiger charge is -2.29. The fraction of sp³-hybridized carbons (Fsp3) is 0.240. The summed E-state index contributed by atoms with van der Waals surface area (Å²) in [6, 6.07) is 19.2. The van der Waals surface area contributed by atoms with Crippen molar-refractivity contribution in [3.8, 4) is 5.75 Å². The minimum Gasteiger partial charge on any atom is -0.482 e. The molecule has 0 saturated heterocycles. The molecule has 0 radical (unpaired) electrons. The van der Waals surface area contributed by atoms with Crippen LogP contribution in [0.2, 0.25) is 0 Å². The smallest absolute Gasteiger partial charge is 0.265 e. The number of benzene rings is 2. The van der Waals surface area contributed by atoms with Gasteiger partial charge < -0.3 is 19.9 Å². The number of rotatable bonds is 6. The van der Waals surface area contributed by atoms with Gasteiger partial charge in [0.2, 0.25) is 0 Å². The number of hydrogen-bond acceptors (Lipinski definition) is 5. The molecule has 5 rings (SSSR count). The average Bonchev–Trinajstić information content (AvgIpc) is 3.27. The van der Waals surface area contributed by atoms with Crippen molar-refractivity contribution in [3.63, 3.8) is 0 Å². The van der Waals surface area contributed by atoms with Gasteiger partial charge in [-0.3, -0.25) is 9.59 Å². The lowest BCUT2D eigenvalue weighted by Crippen LogP contribution is -2.39. The molecule has 7 heteroatoms. The summed E-state index contributed by atoms with van der Waals surface area (Å²) in [5.74, 6) is 1.19. The monoisotopic (exact) mass is 428 g/mol. The molecule has 0 bridgehead atoms. The van der Waals surface area contributed by atoms with E-state index in [1.807, 2.05) is 47.4 Å². The Morgan fingerprint density at radius 2 is 1.84 bits per heavy atom. The van der Waals surface area contributed by atoms with Crippen LogP contribution in [0.25, 0.3) is 0 Å². The summed E-state index contributed by atoms with van der Waals surface area (Å²) in [6.45, 7) is 1.87. The maximum atomic E-state index is 13.3. The minimum absolute atomic E-state index is 0.0508. The number of pyridine rings is 1. The SMILES string of the molecule is O=C(c1cccnc1NCCCN1C(=O)COc2ccccc21)N1CCc2ccccc21. The van der Waals surface area contributed by atoms with Crippen LogP contribution in [0.1, 0.15) is 22.3 Å². The molecule has 2 aliphatic rings. The van der Waals surface area contributed by atoms with Crippen LogP contribution in [-0.2, 0) is 11.2 Å². The number of nitrogens with zero attached hydrogens (tertiary/aromatic N) is 3. The number of aromatic nitrogens is 1. The van der Waals surface area contributed by atoms with E-state index in [0.717, 1.165) is 23.5 Å². The first kappa shape index (κ1) is 20.1. The Labute approximate surface area is 186 Å². The van der Waals surface area contributed by atoms with Gasteiger partial charge in [0.25, 0.3) is 11.8 Å². The molecule has 3 heterocycles. The molecule has 0 atom stereocenters. The number of carbonyl (C=O) groups excluding carboxylic acids is 2. The molecule has 2 aliphatic heterocycles. The fourth-order valence-corrected chi connectivity index (χ4v) is 4.26. The van der Waals surface area contributed by atoms with E-state index in [2.05, 4.69) is 16.4 Å². The van der Waals surface area contributed by atoms with E-state index in [9.17, 15) is 9.59 Å². The minimum atomic E-state index is -0.0529. The van der Waals surface area contributed by atoms with Crippen molar-refractivity contribution in [1.29, 1.82) is 0 Å². The lowest BCUT2D eigenvalue weighted by atomic mass is 10.1. The summed E-state index contributed by atoms with van der Waals surface area (Å²) in [5.41, 5.74) is 3.51. The molecule has 162 valence electrons. The highest BCUT2D eigenvalue weighted by Gasteiger charge is 2.27. The second-order valence-corrected chi connectivity index (χ2v) is 7.82. The van der Waals surface area contributed by atoms with Gasteiger partial charge in [0.15, 0.2) is 6.61 Å². The summed E-state index contributed by atoms with van der Waals surface area (Å²) in [7, 11) is 0. The molecular formula is C25H24N4O3. The third-order valence-electron chi connectivity index (χ3n) is 5.83. The van der Waals surface area contributed by atoms with Crippen LogP contribution in [0.4, 0.5) is 17.2 Å². The standard InChI is InChI=1S/C25H24N4O3/c30-23-17-32-22-11-4-3-10-21(22)28(23)15-6-14-27-24-19(8-5-13-26-24)25(31)29-16-12-18-7-1-2-9-20(18)29/h1-5,7-11,13H,6,12,14-17H2,(H,26,27). The molecule has 1 aromatic heterocycles. The van der Waals surface area contributed by atoms with Gasteiger partial charge in [0, 0.05) is 31.5 Å². The van der Waals surface area contributed by atoms with E-state index in [0.29, 0.717) is 37.4 Å². The summed E-state index contributed by atoms with van der Waals surface area (Å²) in [4.78, 5) is 33.6. The van der Waals surface area contributed by atoms with E-state index < -0.39 is 0 Å². The van der Waals surface area contributed by atoms with Crippen LogP contribution in [-0.4, -0.2) is 43.0 Å². The van der Waals surface area contributed by atoms with Gasteiger partial charge in [-0.05, 0) is 48.7 Å².